The molecule has 1 heterocycles. The number of epoxide rings is 1. The molecule has 1 aliphatic heterocycles. The number of rotatable bonds is 29. The summed E-state index contributed by atoms with van der Waals surface area (Å²) in [5.74, 6) is 2.51. The highest BCUT2D eigenvalue weighted by Crippen LogP contribution is 2.32. The minimum absolute atomic E-state index is 0.0370. The lowest BCUT2D eigenvalue weighted by atomic mass is 9.91. The molecule has 0 radical (unpaired) electrons. The first-order chi connectivity index (χ1) is 19.8. The lowest BCUT2D eigenvalue weighted by Crippen LogP contribution is -2.04. The maximum absolute atomic E-state index is 12.1. The molecule has 0 amide bonds. The number of carbonyl (C=O) groups excluding carboxylic acids is 1. The topological polar surface area (TPSA) is 38.8 Å². The van der Waals surface area contributed by atoms with Crippen molar-refractivity contribution in [2.75, 3.05) is 6.61 Å². The molecule has 1 fully saturated rings. The lowest BCUT2D eigenvalue weighted by Gasteiger charge is -2.15. The smallest absolute Gasteiger partial charge is 0.306 e. The Kier molecular flexibility index (Phi) is 23.9. The van der Waals surface area contributed by atoms with Crippen LogP contribution in [0.1, 0.15) is 189 Å². The molecular formula is C38H72O3. The zero-order chi connectivity index (χ0) is 30.1. The molecule has 3 heteroatoms. The van der Waals surface area contributed by atoms with Gasteiger partial charge in [0.05, 0.1) is 12.2 Å². The van der Waals surface area contributed by atoms with Gasteiger partial charge in [-0.25, -0.2) is 0 Å². The van der Waals surface area contributed by atoms with E-state index in [0.29, 0.717) is 25.2 Å². The van der Waals surface area contributed by atoms with E-state index in [1.807, 2.05) is 0 Å². The molecule has 0 aromatic carbocycles. The van der Waals surface area contributed by atoms with Crippen molar-refractivity contribution in [3.05, 3.63) is 11.6 Å². The Bertz CT molecular complexity index is 639. The summed E-state index contributed by atoms with van der Waals surface area (Å²) in [5, 5.41) is 0. The van der Waals surface area contributed by atoms with Crippen molar-refractivity contribution >= 4 is 5.97 Å². The van der Waals surface area contributed by atoms with Crippen LogP contribution in [0.3, 0.4) is 0 Å². The minimum atomic E-state index is -0.0370. The van der Waals surface area contributed by atoms with E-state index in [9.17, 15) is 4.79 Å². The van der Waals surface area contributed by atoms with Gasteiger partial charge in [0.15, 0.2) is 0 Å². The van der Waals surface area contributed by atoms with Crippen LogP contribution in [-0.2, 0) is 14.3 Å². The third-order valence-corrected chi connectivity index (χ3v) is 9.22. The van der Waals surface area contributed by atoms with Gasteiger partial charge in [-0.2, -0.15) is 0 Å². The van der Waals surface area contributed by atoms with Gasteiger partial charge in [0.2, 0.25) is 0 Å². The van der Waals surface area contributed by atoms with Gasteiger partial charge in [0.1, 0.15) is 6.61 Å². The van der Waals surface area contributed by atoms with Crippen molar-refractivity contribution in [2.24, 2.45) is 17.8 Å². The first kappa shape index (κ1) is 38.2. The van der Waals surface area contributed by atoms with Gasteiger partial charge in [-0.1, -0.05) is 149 Å². The minimum Gasteiger partial charge on any atom is -0.461 e. The Morgan fingerprint density at radius 2 is 1.17 bits per heavy atom. The van der Waals surface area contributed by atoms with E-state index in [-0.39, 0.29) is 5.97 Å². The summed E-state index contributed by atoms with van der Waals surface area (Å²) in [6, 6.07) is 0. The molecule has 0 aromatic heterocycles. The zero-order valence-corrected chi connectivity index (χ0v) is 28.7. The fourth-order valence-electron chi connectivity index (χ4n) is 6.12. The molecule has 0 aliphatic carbocycles. The predicted octanol–water partition coefficient (Wildman–Crippen LogP) is 12.2. The van der Waals surface area contributed by atoms with Crippen molar-refractivity contribution in [1.82, 2.24) is 0 Å². The number of esters is 1. The molecule has 242 valence electrons. The second-order valence-corrected chi connectivity index (χ2v) is 14.2. The zero-order valence-electron chi connectivity index (χ0n) is 28.7. The van der Waals surface area contributed by atoms with Crippen LogP contribution in [0.25, 0.3) is 0 Å². The van der Waals surface area contributed by atoms with E-state index >= 15 is 0 Å². The third-order valence-electron chi connectivity index (χ3n) is 9.22. The molecule has 0 N–H and O–H groups in total. The highest BCUT2D eigenvalue weighted by atomic mass is 16.6. The van der Waals surface area contributed by atoms with E-state index in [2.05, 4.69) is 47.6 Å². The summed E-state index contributed by atoms with van der Waals surface area (Å²) < 4.78 is 11.3. The fraction of sp³-hybridized carbons (Fsp3) is 0.921. The van der Waals surface area contributed by atoms with Gasteiger partial charge in [-0.3, -0.25) is 4.79 Å². The summed E-state index contributed by atoms with van der Waals surface area (Å²) in [6.07, 6.45) is 32.3. The van der Waals surface area contributed by atoms with Crippen LogP contribution in [0.15, 0.2) is 11.6 Å². The van der Waals surface area contributed by atoms with Crippen LogP contribution < -0.4 is 0 Å². The van der Waals surface area contributed by atoms with E-state index in [4.69, 9.17) is 9.47 Å². The van der Waals surface area contributed by atoms with Crippen LogP contribution in [0.5, 0.6) is 0 Å². The maximum Gasteiger partial charge on any atom is 0.306 e. The molecule has 1 rings (SSSR count). The fourth-order valence-corrected chi connectivity index (χ4v) is 6.12. The summed E-state index contributed by atoms with van der Waals surface area (Å²) in [7, 11) is 0. The number of allylic oxidation sites excluding steroid dienone is 1. The highest BCUT2D eigenvalue weighted by molar-refractivity contribution is 5.69. The van der Waals surface area contributed by atoms with Gasteiger partial charge in [0.25, 0.3) is 0 Å². The first-order valence-corrected chi connectivity index (χ1v) is 18.3. The van der Waals surface area contributed by atoms with Crippen molar-refractivity contribution in [2.45, 2.75) is 201 Å². The quantitative estimate of drug-likeness (QED) is 0.0385. The number of ether oxygens (including phenoxy) is 2. The standard InChI is InChI=1S/C38H72O3/c1-7-8-9-10-12-15-27-36-37(41-36)28-16-13-11-14-17-29-38(39)40-31-30-35(6)26-20-25-34(5)24-19-23-33(4)22-18-21-32(2)3/h30,32-34,36-37H,7-29,31H2,1-6H3/b35-30+/t33-,34-,36?,37?/m1/s1. The second kappa shape index (κ2) is 25.6. The highest BCUT2D eigenvalue weighted by Gasteiger charge is 2.36. The SMILES string of the molecule is CCCCCCCCC1OC1CCCCCCCC(=O)OC/C=C(\C)CCC[C@H](C)CCC[C@H](C)CCCC(C)C. The molecule has 0 aromatic rings. The number of hydrogen-bond acceptors (Lipinski definition) is 3. The average Bonchev–Trinajstić information content (AvgIpc) is 3.67. The molecule has 4 atom stereocenters. The third kappa shape index (κ3) is 24.3. The number of unbranched alkanes of at least 4 members (excludes halogenated alkanes) is 9. The Morgan fingerprint density at radius 3 is 1.76 bits per heavy atom. The first-order valence-electron chi connectivity index (χ1n) is 18.3. The summed E-state index contributed by atoms with van der Waals surface area (Å²) in [6.45, 7) is 14.4. The normalized spacial score (nSPS) is 18.6. The molecule has 2 unspecified atom stereocenters. The molecule has 0 saturated carbocycles. The van der Waals surface area contributed by atoms with Gasteiger partial charge < -0.3 is 9.47 Å². The molecular weight excluding hydrogens is 504 g/mol. The van der Waals surface area contributed by atoms with E-state index in [0.717, 1.165) is 37.0 Å². The Hall–Kier alpha value is -0.830. The number of carbonyl (C=O) groups is 1. The Labute approximate surface area is 257 Å². The van der Waals surface area contributed by atoms with Gasteiger partial charge in [0, 0.05) is 6.42 Å². The van der Waals surface area contributed by atoms with Crippen molar-refractivity contribution in [1.29, 1.82) is 0 Å². The molecule has 3 nitrogen and oxygen atoms in total. The summed E-state index contributed by atoms with van der Waals surface area (Å²) >= 11 is 0. The van der Waals surface area contributed by atoms with Crippen LogP contribution in [-0.4, -0.2) is 24.8 Å². The van der Waals surface area contributed by atoms with Crippen LogP contribution >= 0.6 is 0 Å². The molecule has 41 heavy (non-hydrogen) atoms. The van der Waals surface area contributed by atoms with E-state index in [1.54, 1.807) is 0 Å². The molecule has 1 aliphatic rings. The second-order valence-electron chi connectivity index (χ2n) is 14.2. The lowest BCUT2D eigenvalue weighted by molar-refractivity contribution is -0.142. The largest absolute Gasteiger partial charge is 0.461 e. The van der Waals surface area contributed by atoms with Crippen molar-refractivity contribution in [3.8, 4) is 0 Å². The molecule has 0 bridgehead atoms. The van der Waals surface area contributed by atoms with Gasteiger partial charge in [-0.05, 0) is 62.9 Å². The summed E-state index contributed by atoms with van der Waals surface area (Å²) in [5.41, 5.74) is 1.36. The molecule has 0 spiro atoms. The van der Waals surface area contributed by atoms with Crippen LogP contribution in [0, 0.1) is 17.8 Å². The van der Waals surface area contributed by atoms with Gasteiger partial charge >= 0.3 is 5.97 Å². The average molecular weight is 577 g/mol. The molecule has 1 saturated heterocycles. The van der Waals surface area contributed by atoms with Crippen molar-refractivity contribution < 1.29 is 14.3 Å². The monoisotopic (exact) mass is 577 g/mol. The maximum atomic E-state index is 12.1. The van der Waals surface area contributed by atoms with Crippen LogP contribution in [0.4, 0.5) is 0 Å². The Morgan fingerprint density at radius 1 is 0.659 bits per heavy atom. The number of hydrogen-bond donors (Lipinski definition) is 0. The van der Waals surface area contributed by atoms with Gasteiger partial charge in [-0.15, -0.1) is 0 Å². The Balaban J connectivity index is 1.89. The summed E-state index contributed by atoms with van der Waals surface area (Å²) in [4.78, 5) is 12.1. The van der Waals surface area contributed by atoms with Crippen molar-refractivity contribution in [3.63, 3.8) is 0 Å². The predicted molar refractivity (Wildman–Crippen MR) is 178 cm³/mol. The van der Waals surface area contributed by atoms with E-state index in [1.165, 1.54) is 128 Å². The van der Waals surface area contributed by atoms with Crippen LogP contribution in [0.2, 0.25) is 0 Å². The van der Waals surface area contributed by atoms with E-state index < -0.39 is 0 Å².